The van der Waals surface area contributed by atoms with E-state index in [1.54, 1.807) is 25.7 Å². The topological polar surface area (TPSA) is 60.4 Å². The molecule has 6 heteroatoms. The molecule has 2 heterocycles. The molecule has 0 bridgehead atoms. The molecular weight excluding hydrogens is 376 g/mol. The number of fused-ring (bicyclic) bond motifs is 1. The van der Waals surface area contributed by atoms with E-state index in [2.05, 4.69) is 51.0 Å². The molecule has 0 aliphatic rings. The normalized spacial score (nSPS) is 12.0. The molecule has 0 spiro atoms. The van der Waals surface area contributed by atoms with Crippen LogP contribution in [0.4, 0.5) is 11.4 Å². The third-order valence-electron chi connectivity index (χ3n) is 5.06. The number of methoxy groups -OCH3 is 1. The van der Waals surface area contributed by atoms with Gasteiger partial charge in [-0.3, -0.25) is 4.98 Å². The van der Waals surface area contributed by atoms with Crippen LogP contribution >= 0.6 is 0 Å². The van der Waals surface area contributed by atoms with Crippen LogP contribution in [0.25, 0.3) is 10.9 Å². The van der Waals surface area contributed by atoms with Gasteiger partial charge in [0.25, 0.3) is 0 Å². The van der Waals surface area contributed by atoms with E-state index in [1.807, 2.05) is 37.4 Å². The lowest BCUT2D eigenvalue weighted by Crippen LogP contribution is -2.09. The highest BCUT2D eigenvalue weighted by Crippen LogP contribution is 2.28. The Bertz CT molecular complexity index is 1110. The number of aromatic nitrogens is 3. The zero-order chi connectivity index (χ0) is 20.9. The molecule has 2 aromatic heterocycles. The highest BCUT2D eigenvalue weighted by atomic mass is 16.5. The van der Waals surface area contributed by atoms with Crippen molar-refractivity contribution < 1.29 is 9.47 Å². The largest absolute Gasteiger partial charge is 0.424 e. The van der Waals surface area contributed by atoms with Crippen molar-refractivity contribution in [3.8, 4) is 11.8 Å². The molecule has 0 aliphatic carbocycles. The zero-order valence-electron chi connectivity index (χ0n) is 17.3. The van der Waals surface area contributed by atoms with Crippen molar-refractivity contribution in [2.45, 2.75) is 12.8 Å². The number of nitrogens with zero attached hydrogens (tertiary/aromatic N) is 4. The number of hydrogen-bond acceptors (Lipinski definition) is 6. The fourth-order valence-electron chi connectivity index (χ4n) is 3.27. The van der Waals surface area contributed by atoms with Gasteiger partial charge in [-0.1, -0.05) is 19.1 Å². The van der Waals surface area contributed by atoms with Crippen LogP contribution in [0.3, 0.4) is 0 Å². The Labute approximate surface area is 176 Å². The first-order chi connectivity index (χ1) is 14.6. The molecule has 0 N–H and O–H groups in total. The van der Waals surface area contributed by atoms with Crippen molar-refractivity contribution in [1.29, 1.82) is 0 Å². The second-order valence-corrected chi connectivity index (χ2v) is 7.19. The van der Waals surface area contributed by atoms with E-state index in [0.717, 1.165) is 22.3 Å². The van der Waals surface area contributed by atoms with E-state index in [4.69, 9.17) is 9.47 Å². The van der Waals surface area contributed by atoms with Gasteiger partial charge in [0.2, 0.25) is 0 Å². The Hall–Kier alpha value is -3.51. The van der Waals surface area contributed by atoms with Crippen molar-refractivity contribution in [2.24, 2.45) is 0 Å². The van der Waals surface area contributed by atoms with Crippen LogP contribution in [0.5, 0.6) is 11.8 Å². The van der Waals surface area contributed by atoms with Gasteiger partial charge in [0.05, 0.1) is 18.3 Å². The molecule has 1 atom stereocenters. The lowest BCUT2D eigenvalue weighted by molar-refractivity contribution is 0.184. The Kier molecular flexibility index (Phi) is 5.86. The summed E-state index contributed by atoms with van der Waals surface area (Å²) in [7, 11) is 3.78. The summed E-state index contributed by atoms with van der Waals surface area (Å²) in [6.07, 6.45) is 5.15. The number of rotatable bonds is 7. The Morgan fingerprint density at radius 2 is 1.63 bits per heavy atom. The van der Waals surface area contributed by atoms with E-state index in [-0.39, 0.29) is 0 Å². The van der Waals surface area contributed by atoms with Crippen LogP contribution in [0.2, 0.25) is 0 Å². The molecule has 1 unspecified atom stereocenters. The van der Waals surface area contributed by atoms with Gasteiger partial charge in [-0.05, 0) is 48.0 Å². The van der Waals surface area contributed by atoms with E-state index >= 15 is 0 Å². The minimum Gasteiger partial charge on any atom is -0.424 e. The van der Waals surface area contributed by atoms with Crippen LogP contribution < -0.4 is 9.64 Å². The summed E-state index contributed by atoms with van der Waals surface area (Å²) >= 11 is 0. The third kappa shape index (κ3) is 4.39. The monoisotopic (exact) mass is 400 g/mol. The second-order valence-electron chi connectivity index (χ2n) is 7.19. The standard InChI is InChI=1S/C24H24N4O2/c1-17(16-29-3)18-4-6-20(7-5-18)28(2)21-8-10-22(11-9-21)30-24-26-14-19-12-13-25-15-23(19)27-24/h4-15,17H,16H2,1-3H3. The highest BCUT2D eigenvalue weighted by molar-refractivity contribution is 5.76. The zero-order valence-corrected chi connectivity index (χ0v) is 17.3. The Morgan fingerprint density at radius 1 is 0.933 bits per heavy atom. The molecule has 6 nitrogen and oxygen atoms in total. The molecule has 30 heavy (non-hydrogen) atoms. The fourth-order valence-corrected chi connectivity index (χ4v) is 3.27. The second kappa shape index (κ2) is 8.88. The van der Waals surface area contributed by atoms with Gasteiger partial charge in [-0.15, -0.1) is 0 Å². The number of anilines is 2. The minimum absolute atomic E-state index is 0.303. The van der Waals surface area contributed by atoms with Crippen molar-refractivity contribution in [3.05, 3.63) is 78.8 Å². The smallest absolute Gasteiger partial charge is 0.322 e. The van der Waals surface area contributed by atoms with Crippen molar-refractivity contribution in [2.75, 3.05) is 25.7 Å². The van der Waals surface area contributed by atoms with E-state index in [1.165, 1.54) is 5.56 Å². The van der Waals surface area contributed by atoms with Crippen LogP contribution in [-0.2, 0) is 4.74 Å². The summed E-state index contributed by atoms with van der Waals surface area (Å²) in [6.45, 7) is 2.88. The van der Waals surface area contributed by atoms with E-state index < -0.39 is 0 Å². The summed E-state index contributed by atoms with van der Waals surface area (Å²) in [4.78, 5) is 14.9. The summed E-state index contributed by atoms with van der Waals surface area (Å²) in [5.41, 5.74) is 4.19. The minimum atomic E-state index is 0.303. The number of pyridine rings is 1. The Balaban J connectivity index is 1.45. The van der Waals surface area contributed by atoms with Gasteiger partial charge in [0.1, 0.15) is 5.75 Å². The molecule has 2 aromatic carbocycles. The molecule has 0 amide bonds. The number of ether oxygens (including phenoxy) is 2. The van der Waals surface area contributed by atoms with Crippen LogP contribution in [0, 0.1) is 0 Å². The van der Waals surface area contributed by atoms with Gasteiger partial charge in [-0.2, -0.15) is 4.98 Å². The van der Waals surface area contributed by atoms with Gasteiger partial charge in [-0.25, -0.2) is 4.98 Å². The highest BCUT2D eigenvalue weighted by Gasteiger charge is 2.09. The first kappa shape index (κ1) is 19.8. The summed E-state index contributed by atoms with van der Waals surface area (Å²) < 4.78 is 11.1. The first-order valence-corrected chi connectivity index (χ1v) is 9.81. The van der Waals surface area contributed by atoms with Crippen LogP contribution in [-0.4, -0.2) is 35.7 Å². The molecule has 0 saturated carbocycles. The predicted molar refractivity (Wildman–Crippen MR) is 119 cm³/mol. The van der Waals surface area contributed by atoms with Crippen molar-refractivity contribution >= 4 is 22.3 Å². The van der Waals surface area contributed by atoms with Gasteiger partial charge < -0.3 is 14.4 Å². The van der Waals surface area contributed by atoms with E-state index in [0.29, 0.717) is 24.3 Å². The first-order valence-electron chi connectivity index (χ1n) is 9.81. The summed E-state index contributed by atoms with van der Waals surface area (Å²) in [6, 6.07) is 18.6. The Morgan fingerprint density at radius 3 is 2.33 bits per heavy atom. The summed E-state index contributed by atoms with van der Waals surface area (Å²) in [5.74, 6) is 1.05. The van der Waals surface area contributed by atoms with Crippen LogP contribution in [0.1, 0.15) is 18.4 Å². The molecule has 4 aromatic rings. The lowest BCUT2D eigenvalue weighted by Gasteiger charge is -2.21. The molecular formula is C24H24N4O2. The maximum Gasteiger partial charge on any atom is 0.322 e. The van der Waals surface area contributed by atoms with Gasteiger partial charge >= 0.3 is 6.01 Å². The fraction of sp³-hybridized carbons (Fsp3) is 0.208. The average molecular weight is 400 g/mol. The third-order valence-corrected chi connectivity index (χ3v) is 5.06. The molecule has 0 aliphatic heterocycles. The SMILES string of the molecule is COCC(C)c1ccc(N(C)c2ccc(Oc3ncc4ccncc4n3)cc2)cc1. The molecule has 152 valence electrons. The number of hydrogen-bond donors (Lipinski definition) is 0. The molecule has 0 radical (unpaired) electrons. The van der Waals surface area contributed by atoms with E-state index in [9.17, 15) is 0 Å². The van der Waals surface area contributed by atoms with Crippen LogP contribution in [0.15, 0.2) is 73.2 Å². The van der Waals surface area contributed by atoms with Gasteiger partial charge in [0.15, 0.2) is 0 Å². The maximum atomic E-state index is 5.81. The van der Waals surface area contributed by atoms with Crippen molar-refractivity contribution in [1.82, 2.24) is 15.0 Å². The summed E-state index contributed by atoms with van der Waals surface area (Å²) in [5, 5.41) is 0.928. The average Bonchev–Trinajstić information content (AvgIpc) is 2.79. The molecule has 0 saturated heterocycles. The quantitative estimate of drug-likeness (QED) is 0.418. The maximum absolute atomic E-state index is 5.81. The van der Waals surface area contributed by atoms with Gasteiger partial charge in [0, 0.05) is 49.2 Å². The molecule has 4 rings (SSSR count). The molecule has 0 fully saturated rings. The number of benzene rings is 2. The predicted octanol–water partition coefficient (Wildman–Crippen LogP) is 5.33. The lowest BCUT2D eigenvalue weighted by atomic mass is 10.0. The van der Waals surface area contributed by atoms with Crippen molar-refractivity contribution in [3.63, 3.8) is 0 Å².